The van der Waals surface area contributed by atoms with Crippen LogP contribution in [0.1, 0.15) is 17.3 Å². The van der Waals surface area contributed by atoms with E-state index in [1.807, 2.05) is 30.5 Å². The van der Waals surface area contributed by atoms with Gasteiger partial charge in [0.2, 0.25) is 0 Å². The lowest BCUT2D eigenvalue weighted by Crippen LogP contribution is -1.92. The number of Topliss-reactive ketones (excluding diaryl/α,β-unsaturated/α-hetero) is 1. The van der Waals surface area contributed by atoms with E-state index in [9.17, 15) is 4.79 Å². The number of carbonyl (C=O) groups is 1. The molecule has 0 spiro atoms. The van der Waals surface area contributed by atoms with Crippen molar-refractivity contribution in [1.82, 2.24) is 4.98 Å². The number of H-pyrrole nitrogens is 1. The summed E-state index contributed by atoms with van der Waals surface area (Å²) in [5, 5.41) is 0. The van der Waals surface area contributed by atoms with Crippen molar-refractivity contribution in [3.05, 3.63) is 36.0 Å². The minimum Gasteiger partial charge on any atom is -0.361 e. The lowest BCUT2D eigenvalue weighted by molar-refractivity contribution is 0.101. The lowest BCUT2D eigenvalue weighted by Gasteiger charge is -1.99. The summed E-state index contributed by atoms with van der Waals surface area (Å²) in [6, 6.07) is 7.70. The van der Waals surface area contributed by atoms with E-state index in [1.54, 1.807) is 6.92 Å². The number of nitrogens with one attached hydrogen (secondary N) is 1. The van der Waals surface area contributed by atoms with Gasteiger partial charge in [-0.25, -0.2) is 0 Å². The van der Waals surface area contributed by atoms with Gasteiger partial charge in [0.15, 0.2) is 5.78 Å². The Labute approximate surface area is 70.6 Å². The average Bonchev–Trinajstić information content (AvgIpc) is 2.47. The quantitative estimate of drug-likeness (QED) is 0.636. The summed E-state index contributed by atoms with van der Waals surface area (Å²) in [7, 11) is 0. The van der Waals surface area contributed by atoms with Crippen molar-refractivity contribution in [3.63, 3.8) is 0 Å². The van der Waals surface area contributed by atoms with Crippen LogP contribution < -0.4 is 0 Å². The number of aromatic amines is 1. The van der Waals surface area contributed by atoms with Gasteiger partial charge < -0.3 is 4.98 Å². The second-order valence-electron chi connectivity index (χ2n) is 2.80. The van der Waals surface area contributed by atoms with Gasteiger partial charge in [0.05, 0.1) is 5.69 Å². The van der Waals surface area contributed by atoms with Crippen LogP contribution in [-0.2, 0) is 0 Å². The van der Waals surface area contributed by atoms with E-state index < -0.39 is 0 Å². The summed E-state index contributed by atoms with van der Waals surface area (Å²) in [5.41, 5.74) is 2.79. The first-order chi connectivity index (χ1) is 5.79. The van der Waals surface area contributed by atoms with Crippen LogP contribution in [0.2, 0.25) is 0 Å². The van der Waals surface area contributed by atoms with Crippen molar-refractivity contribution in [1.29, 1.82) is 0 Å². The molecule has 60 valence electrons. The molecule has 12 heavy (non-hydrogen) atoms. The standard InChI is InChI=1S/C10H9NO/c1-7(12)9-5-4-8-3-2-6-11-10(8)9/h2-6,11H,1H3. The third-order valence-electron chi connectivity index (χ3n) is 1.97. The Morgan fingerprint density at radius 2 is 2.17 bits per heavy atom. The van der Waals surface area contributed by atoms with Crippen LogP contribution in [0.4, 0.5) is 0 Å². The molecule has 0 aromatic heterocycles. The van der Waals surface area contributed by atoms with E-state index in [0.29, 0.717) is 0 Å². The normalized spacial score (nSPS) is 10.4. The minimum atomic E-state index is 0.104. The van der Waals surface area contributed by atoms with Gasteiger partial charge in [-0.2, -0.15) is 0 Å². The van der Waals surface area contributed by atoms with E-state index >= 15 is 0 Å². The van der Waals surface area contributed by atoms with Gasteiger partial charge in [-0.15, -0.1) is 0 Å². The first kappa shape index (κ1) is 7.10. The molecule has 0 aromatic carbocycles. The summed E-state index contributed by atoms with van der Waals surface area (Å²) in [6.45, 7) is 1.58. The van der Waals surface area contributed by atoms with Crippen LogP contribution in [0, 0.1) is 0 Å². The maximum absolute atomic E-state index is 11.1. The number of hydrogen-bond acceptors (Lipinski definition) is 1. The molecule has 0 atom stereocenters. The molecule has 0 unspecified atom stereocenters. The second kappa shape index (κ2) is 2.48. The van der Waals surface area contributed by atoms with Gasteiger partial charge in [-0.1, -0.05) is 12.1 Å². The molecule has 2 rings (SSSR count). The third kappa shape index (κ3) is 0.925. The number of rotatable bonds is 1. The van der Waals surface area contributed by atoms with Crippen molar-refractivity contribution in [2.75, 3.05) is 0 Å². The number of aromatic nitrogens is 1. The molecule has 0 saturated carbocycles. The summed E-state index contributed by atoms with van der Waals surface area (Å²) in [4.78, 5) is 14.2. The largest absolute Gasteiger partial charge is 0.361 e. The number of pyridine rings is 1. The Morgan fingerprint density at radius 3 is 2.92 bits per heavy atom. The topological polar surface area (TPSA) is 32.9 Å². The molecule has 0 fully saturated rings. The highest BCUT2D eigenvalue weighted by molar-refractivity contribution is 6.01. The highest BCUT2D eigenvalue weighted by Gasteiger charge is 2.11. The molecule has 2 heteroatoms. The van der Waals surface area contributed by atoms with Crippen LogP contribution in [-0.4, -0.2) is 10.8 Å². The molecule has 1 N–H and O–H groups in total. The van der Waals surface area contributed by atoms with Crippen molar-refractivity contribution < 1.29 is 4.79 Å². The third-order valence-corrected chi connectivity index (χ3v) is 1.97. The fourth-order valence-electron chi connectivity index (χ4n) is 1.37. The smallest absolute Gasteiger partial charge is 0.161 e. The molecular weight excluding hydrogens is 150 g/mol. The molecule has 1 aliphatic carbocycles. The molecule has 1 heterocycles. The SMILES string of the molecule is CC(=O)c1ccc2ccc[nH]c1-2. The first-order valence-corrected chi connectivity index (χ1v) is 3.86. The van der Waals surface area contributed by atoms with Gasteiger partial charge in [0.1, 0.15) is 0 Å². The molecule has 1 aliphatic heterocycles. The van der Waals surface area contributed by atoms with Crippen LogP contribution in [0.3, 0.4) is 0 Å². The summed E-state index contributed by atoms with van der Waals surface area (Å²) < 4.78 is 0. The Morgan fingerprint density at radius 1 is 1.33 bits per heavy atom. The predicted octanol–water partition coefficient (Wildman–Crippen LogP) is 2.32. The Kier molecular flexibility index (Phi) is 1.47. The minimum absolute atomic E-state index is 0.104. The Balaban J connectivity index is 2.67. The molecule has 0 saturated heterocycles. The Bertz CT molecular complexity index is 389. The monoisotopic (exact) mass is 159 g/mol. The first-order valence-electron chi connectivity index (χ1n) is 3.86. The maximum atomic E-state index is 11.1. The zero-order valence-corrected chi connectivity index (χ0v) is 6.79. The van der Waals surface area contributed by atoms with Gasteiger partial charge in [0.25, 0.3) is 0 Å². The van der Waals surface area contributed by atoms with E-state index in [0.717, 1.165) is 16.8 Å². The fourth-order valence-corrected chi connectivity index (χ4v) is 1.37. The highest BCUT2D eigenvalue weighted by Crippen LogP contribution is 2.24. The molecule has 2 nitrogen and oxygen atoms in total. The van der Waals surface area contributed by atoms with Crippen LogP contribution in [0.5, 0.6) is 0 Å². The molecule has 2 aliphatic rings. The molecule has 0 amide bonds. The number of carbonyl (C=O) groups excluding carboxylic acids is 1. The van der Waals surface area contributed by atoms with Crippen molar-refractivity contribution in [2.45, 2.75) is 6.92 Å². The summed E-state index contributed by atoms with van der Waals surface area (Å²) in [5.74, 6) is 0.104. The van der Waals surface area contributed by atoms with Gasteiger partial charge in [0, 0.05) is 11.8 Å². The molecule has 0 bridgehead atoms. The van der Waals surface area contributed by atoms with E-state index in [-0.39, 0.29) is 5.78 Å². The van der Waals surface area contributed by atoms with E-state index in [4.69, 9.17) is 0 Å². The summed E-state index contributed by atoms with van der Waals surface area (Å²) in [6.07, 6.45) is 1.83. The fraction of sp³-hybridized carbons (Fsp3) is 0.100. The van der Waals surface area contributed by atoms with E-state index in [2.05, 4.69) is 4.98 Å². The lowest BCUT2D eigenvalue weighted by atomic mass is 10.1. The predicted molar refractivity (Wildman–Crippen MR) is 47.4 cm³/mol. The van der Waals surface area contributed by atoms with Crippen molar-refractivity contribution in [2.24, 2.45) is 0 Å². The van der Waals surface area contributed by atoms with Gasteiger partial charge in [-0.05, 0) is 24.6 Å². The van der Waals surface area contributed by atoms with E-state index in [1.165, 1.54) is 0 Å². The number of ketones is 1. The number of fused-ring (bicyclic) bond motifs is 1. The van der Waals surface area contributed by atoms with Gasteiger partial charge in [-0.3, -0.25) is 4.79 Å². The van der Waals surface area contributed by atoms with Crippen LogP contribution >= 0.6 is 0 Å². The molecule has 0 radical (unpaired) electrons. The molecular formula is C10H9NO. The highest BCUT2D eigenvalue weighted by atomic mass is 16.1. The zero-order chi connectivity index (χ0) is 8.55. The van der Waals surface area contributed by atoms with Crippen LogP contribution in [0.15, 0.2) is 30.5 Å². The Hall–Kier alpha value is -1.57. The molecule has 0 aromatic rings. The maximum Gasteiger partial charge on any atom is 0.161 e. The zero-order valence-electron chi connectivity index (χ0n) is 6.79. The average molecular weight is 159 g/mol. The van der Waals surface area contributed by atoms with Gasteiger partial charge >= 0.3 is 0 Å². The van der Waals surface area contributed by atoms with Crippen LogP contribution in [0.25, 0.3) is 11.3 Å². The number of hydrogen-bond donors (Lipinski definition) is 1. The van der Waals surface area contributed by atoms with Crippen molar-refractivity contribution in [3.8, 4) is 11.3 Å². The second-order valence-corrected chi connectivity index (χ2v) is 2.80. The summed E-state index contributed by atoms with van der Waals surface area (Å²) >= 11 is 0. The van der Waals surface area contributed by atoms with Crippen molar-refractivity contribution >= 4 is 5.78 Å².